The molecule has 0 radical (unpaired) electrons. The third-order valence-electron chi connectivity index (χ3n) is 3.06. The molecule has 4 nitrogen and oxygen atoms in total. The van der Waals surface area contributed by atoms with Crippen molar-refractivity contribution in [1.82, 2.24) is 5.32 Å². The number of hydrogen-bond acceptors (Lipinski definition) is 4. The monoisotopic (exact) mass is 322 g/mol. The van der Waals surface area contributed by atoms with Gasteiger partial charge < -0.3 is 15.7 Å². The SMILES string of the molecule is CSc1cccc(NC(=O)NCC(C)(O)c2ccsc2)c1. The zero-order valence-corrected chi connectivity index (χ0v) is 13.6. The van der Waals surface area contributed by atoms with Crippen LogP contribution in [0.3, 0.4) is 0 Å². The summed E-state index contributed by atoms with van der Waals surface area (Å²) in [6.45, 7) is 1.83. The highest BCUT2D eigenvalue weighted by atomic mass is 32.2. The van der Waals surface area contributed by atoms with Crippen molar-refractivity contribution < 1.29 is 9.90 Å². The summed E-state index contributed by atoms with van der Waals surface area (Å²) in [4.78, 5) is 13.0. The first kappa shape index (κ1) is 15.9. The minimum atomic E-state index is -1.07. The molecule has 21 heavy (non-hydrogen) atoms. The second-order valence-corrected chi connectivity index (χ2v) is 6.49. The summed E-state index contributed by atoms with van der Waals surface area (Å²) in [5, 5.41) is 19.6. The van der Waals surface area contributed by atoms with E-state index in [1.165, 1.54) is 11.3 Å². The van der Waals surface area contributed by atoms with Crippen molar-refractivity contribution in [2.75, 3.05) is 18.1 Å². The number of rotatable bonds is 5. The van der Waals surface area contributed by atoms with Crippen LogP contribution in [0.4, 0.5) is 10.5 Å². The molecule has 6 heteroatoms. The molecular formula is C15H18N2O2S2. The van der Waals surface area contributed by atoms with Gasteiger partial charge in [-0.1, -0.05) is 6.07 Å². The maximum Gasteiger partial charge on any atom is 0.319 e. The lowest BCUT2D eigenvalue weighted by Crippen LogP contribution is -2.40. The highest BCUT2D eigenvalue weighted by molar-refractivity contribution is 7.98. The first-order valence-corrected chi connectivity index (χ1v) is 8.62. The van der Waals surface area contributed by atoms with Crippen LogP contribution < -0.4 is 10.6 Å². The van der Waals surface area contributed by atoms with Gasteiger partial charge in [0.1, 0.15) is 5.60 Å². The normalized spacial score (nSPS) is 13.5. The lowest BCUT2D eigenvalue weighted by molar-refractivity contribution is 0.0604. The highest BCUT2D eigenvalue weighted by Gasteiger charge is 2.24. The number of thiophene rings is 1. The van der Waals surface area contributed by atoms with E-state index in [4.69, 9.17) is 0 Å². The predicted molar refractivity (Wildman–Crippen MR) is 89.1 cm³/mol. The molecule has 0 spiro atoms. The van der Waals surface area contributed by atoms with Crippen LogP contribution in [0.2, 0.25) is 0 Å². The Balaban J connectivity index is 1.90. The van der Waals surface area contributed by atoms with Gasteiger partial charge in [-0.2, -0.15) is 11.3 Å². The van der Waals surface area contributed by atoms with Crippen LogP contribution in [0.1, 0.15) is 12.5 Å². The Morgan fingerprint density at radius 2 is 2.24 bits per heavy atom. The standard InChI is InChI=1S/C15H18N2O2S2/c1-15(19,11-6-7-21-9-11)10-16-14(18)17-12-4-3-5-13(8-12)20-2/h3-9,19H,10H2,1-2H3,(H2,16,17,18). The molecule has 3 N–H and O–H groups in total. The first-order chi connectivity index (χ1) is 10.0. The summed E-state index contributed by atoms with van der Waals surface area (Å²) >= 11 is 3.13. The summed E-state index contributed by atoms with van der Waals surface area (Å²) < 4.78 is 0. The summed E-state index contributed by atoms with van der Waals surface area (Å²) in [6.07, 6.45) is 1.98. The predicted octanol–water partition coefficient (Wildman–Crippen LogP) is 3.50. The molecule has 0 aliphatic carbocycles. The van der Waals surface area contributed by atoms with E-state index in [0.717, 1.165) is 16.1 Å². The number of carbonyl (C=O) groups is 1. The van der Waals surface area contributed by atoms with E-state index in [1.54, 1.807) is 18.7 Å². The highest BCUT2D eigenvalue weighted by Crippen LogP contribution is 2.22. The summed E-state index contributed by atoms with van der Waals surface area (Å²) in [6, 6.07) is 9.13. The topological polar surface area (TPSA) is 61.4 Å². The maximum atomic E-state index is 11.9. The first-order valence-electron chi connectivity index (χ1n) is 6.45. The number of anilines is 1. The fraction of sp³-hybridized carbons (Fsp3) is 0.267. The molecule has 2 aromatic rings. The van der Waals surface area contributed by atoms with Crippen molar-refractivity contribution in [2.45, 2.75) is 17.4 Å². The van der Waals surface area contributed by atoms with Crippen LogP contribution in [0.25, 0.3) is 0 Å². The molecular weight excluding hydrogens is 304 g/mol. The Hall–Kier alpha value is -1.50. The number of urea groups is 1. The van der Waals surface area contributed by atoms with E-state index in [0.29, 0.717) is 0 Å². The molecule has 0 aliphatic heterocycles. The van der Waals surface area contributed by atoms with Crippen molar-refractivity contribution in [3.05, 3.63) is 46.7 Å². The van der Waals surface area contributed by atoms with Gasteiger partial charge in [-0.15, -0.1) is 11.8 Å². The number of aliphatic hydroxyl groups is 1. The lowest BCUT2D eigenvalue weighted by atomic mass is 9.99. The van der Waals surface area contributed by atoms with Crippen molar-refractivity contribution in [3.8, 4) is 0 Å². The average molecular weight is 322 g/mol. The molecule has 0 bridgehead atoms. The number of hydrogen-bond donors (Lipinski definition) is 3. The average Bonchev–Trinajstić information content (AvgIpc) is 3.00. The molecule has 112 valence electrons. The van der Waals surface area contributed by atoms with Crippen LogP contribution >= 0.6 is 23.1 Å². The zero-order chi connectivity index (χ0) is 15.3. The van der Waals surface area contributed by atoms with Gasteiger partial charge in [-0.05, 0) is 53.8 Å². The number of carbonyl (C=O) groups excluding carboxylic acids is 1. The van der Waals surface area contributed by atoms with Gasteiger partial charge in [0.15, 0.2) is 0 Å². The lowest BCUT2D eigenvalue weighted by Gasteiger charge is -2.22. The van der Waals surface area contributed by atoms with E-state index in [9.17, 15) is 9.90 Å². The third kappa shape index (κ3) is 4.49. The third-order valence-corrected chi connectivity index (χ3v) is 4.47. The summed E-state index contributed by atoms with van der Waals surface area (Å²) in [7, 11) is 0. The molecule has 1 aromatic heterocycles. The second kappa shape index (κ2) is 6.98. The van der Waals surface area contributed by atoms with Crippen LogP contribution in [-0.2, 0) is 5.60 Å². The number of benzene rings is 1. The van der Waals surface area contributed by atoms with Crippen molar-refractivity contribution in [3.63, 3.8) is 0 Å². The van der Waals surface area contributed by atoms with Gasteiger partial charge in [-0.25, -0.2) is 4.79 Å². The number of amides is 2. The maximum absolute atomic E-state index is 11.9. The molecule has 1 aromatic carbocycles. The smallest absolute Gasteiger partial charge is 0.319 e. The largest absolute Gasteiger partial charge is 0.384 e. The Labute approximate surface area is 132 Å². The molecule has 1 unspecified atom stereocenters. The van der Waals surface area contributed by atoms with E-state index in [-0.39, 0.29) is 12.6 Å². The van der Waals surface area contributed by atoms with Crippen LogP contribution in [-0.4, -0.2) is 23.9 Å². The Kier molecular flexibility index (Phi) is 5.27. The van der Waals surface area contributed by atoms with E-state index in [2.05, 4.69) is 10.6 Å². The van der Waals surface area contributed by atoms with Gasteiger partial charge in [0.2, 0.25) is 0 Å². The van der Waals surface area contributed by atoms with Gasteiger partial charge in [0.05, 0.1) is 6.54 Å². The Morgan fingerprint density at radius 1 is 1.43 bits per heavy atom. The van der Waals surface area contributed by atoms with Crippen molar-refractivity contribution in [2.24, 2.45) is 0 Å². The van der Waals surface area contributed by atoms with Crippen molar-refractivity contribution >= 4 is 34.8 Å². The quantitative estimate of drug-likeness (QED) is 0.738. The van der Waals surface area contributed by atoms with Crippen LogP contribution in [0, 0.1) is 0 Å². The molecule has 0 fully saturated rings. The molecule has 2 amide bonds. The molecule has 1 heterocycles. The number of thioether (sulfide) groups is 1. The fourth-order valence-corrected chi connectivity index (χ4v) is 3.04. The minimum Gasteiger partial charge on any atom is -0.384 e. The van der Waals surface area contributed by atoms with Crippen molar-refractivity contribution in [1.29, 1.82) is 0 Å². The summed E-state index contributed by atoms with van der Waals surface area (Å²) in [5.74, 6) is 0. The molecule has 0 saturated carbocycles. The second-order valence-electron chi connectivity index (χ2n) is 4.83. The fourth-order valence-electron chi connectivity index (χ4n) is 1.80. The van der Waals surface area contributed by atoms with E-state index < -0.39 is 5.60 Å². The minimum absolute atomic E-state index is 0.151. The molecule has 0 saturated heterocycles. The Morgan fingerprint density at radius 3 is 2.90 bits per heavy atom. The number of nitrogens with one attached hydrogen (secondary N) is 2. The zero-order valence-electron chi connectivity index (χ0n) is 11.9. The Bertz CT molecular complexity index is 597. The van der Waals surface area contributed by atoms with Gasteiger partial charge in [-0.3, -0.25) is 0 Å². The van der Waals surface area contributed by atoms with Gasteiger partial charge >= 0.3 is 6.03 Å². The van der Waals surface area contributed by atoms with E-state index >= 15 is 0 Å². The molecule has 0 aliphatic rings. The molecule has 1 atom stereocenters. The van der Waals surface area contributed by atoms with Crippen LogP contribution in [0.5, 0.6) is 0 Å². The molecule has 2 rings (SSSR count). The van der Waals surface area contributed by atoms with E-state index in [1.807, 2.05) is 47.3 Å². The van der Waals surface area contributed by atoms with Gasteiger partial charge in [0, 0.05) is 10.6 Å². The van der Waals surface area contributed by atoms with Crippen LogP contribution in [0.15, 0.2) is 46.0 Å². The summed E-state index contributed by atoms with van der Waals surface area (Å²) in [5.41, 5.74) is 0.463. The van der Waals surface area contributed by atoms with Gasteiger partial charge in [0.25, 0.3) is 0 Å².